The normalized spacial score (nSPS) is 21.0. The van der Waals surface area contributed by atoms with E-state index < -0.39 is 0 Å². The van der Waals surface area contributed by atoms with Crippen LogP contribution >= 0.6 is 0 Å². The highest BCUT2D eigenvalue weighted by atomic mass is 16.5. The Morgan fingerprint density at radius 2 is 1.72 bits per heavy atom. The number of rotatable bonds is 5. The van der Waals surface area contributed by atoms with E-state index in [1.54, 1.807) is 19.1 Å². The topological polar surface area (TPSA) is 72.3 Å². The lowest BCUT2D eigenvalue weighted by molar-refractivity contribution is -0.920. The zero-order valence-corrected chi connectivity index (χ0v) is 20.9. The number of anilines is 2. The van der Waals surface area contributed by atoms with Crippen LogP contribution in [0.5, 0.6) is 11.5 Å². The first-order valence-corrected chi connectivity index (χ1v) is 12.4. The fourth-order valence-electron chi connectivity index (χ4n) is 5.58. The Kier molecular flexibility index (Phi) is 6.65. The number of nitrogens with zero attached hydrogens (tertiary/aromatic N) is 1. The zero-order chi connectivity index (χ0) is 25.2. The molecule has 0 saturated heterocycles. The summed E-state index contributed by atoms with van der Waals surface area (Å²) in [5.74, 6) is 1.33. The SMILES string of the molecule is COc1cc2c(cc1OC)C(c1ccccc1)[NH+](CC(=O)N1c3ccccc3NC(=O)CC1C)CC2. The lowest BCUT2D eigenvalue weighted by Gasteiger charge is -2.36. The molecule has 3 atom stereocenters. The van der Waals surface area contributed by atoms with Crippen LogP contribution in [0.2, 0.25) is 0 Å². The second-order valence-electron chi connectivity index (χ2n) is 9.47. The van der Waals surface area contributed by atoms with E-state index in [4.69, 9.17) is 9.47 Å². The van der Waals surface area contributed by atoms with Crippen molar-refractivity contribution in [3.8, 4) is 11.5 Å². The maximum atomic E-state index is 13.9. The molecule has 0 aliphatic carbocycles. The van der Waals surface area contributed by atoms with Crippen LogP contribution in [0.15, 0.2) is 66.7 Å². The van der Waals surface area contributed by atoms with Gasteiger partial charge in [0.2, 0.25) is 5.91 Å². The summed E-state index contributed by atoms with van der Waals surface area (Å²) in [5.41, 5.74) is 4.93. The summed E-state index contributed by atoms with van der Waals surface area (Å²) >= 11 is 0. The Bertz CT molecular complexity index is 1280. The quantitative estimate of drug-likeness (QED) is 0.582. The highest BCUT2D eigenvalue weighted by molar-refractivity contribution is 6.04. The third kappa shape index (κ3) is 4.42. The van der Waals surface area contributed by atoms with Gasteiger partial charge in [-0.25, -0.2) is 0 Å². The number of methoxy groups -OCH3 is 2. The highest BCUT2D eigenvalue weighted by Crippen LogP contribution is 2.36. The number of hydrogen-bond acceptors (Lipinski definition) is 4. The maximum absolute atomic E-state index is 13.9. The molecule has 3 aromatic rings. The number of fused-ring (bicyclic) bond motifs is 2. The minimum Gasteiger partial charge on any atom is -0.493 e. The number of hydrogen-bond donors (Lipinski definition) is 2. The van der Waals surface area contributed by atoms with E-state index in [2.05, 4.69) is 29.6 Å². The van der Waals surface area contributed by atoms with Crippen molar-refractivity contribution in [1.29, 1.82) is 0 Å². The Labute approximate surface area is 211 Å². The van der Waals surface area contributed by atoms with Gasteiger partial charge in [0, 0.05) is 30.0 Å². The third-order valence-corrected chi connectivity index (χ3v) is 7.22. The Morgan fingerprint density at radius 3 is 2.47 bits per heavy atom. The van der Waals surface area contributed by atoms with Crippen molar-refractivity contribution in [2.75, 3.05) is 37.5 Å². The molecule has 0 saturated carbocycles. The molecular weight excluding hydrogens is 454 g/mol. The molecule has 7 heteroatoms. The Balaban J connectivity index is 1.52. The molecule has 186 valence electrons. The predicted molar refractivity (Wildman–Crippen MR) is 139 cm³/mol. The van der Waals surface area contributed by atoms with Crippen molar-refractivity contribution in [2.45, 2.75) is 31.8 Å². The fraction of sp³-hybridized carbons (Fsp3) is 0.310. The first-order valence-electron chi connectivity index (χ1n) is 12.4. The van der Waals surface area contributed by atoms with Gasteiger partial charge in [0.05, 0.1) is 32.1 Å². The standard InChI is InChI=1S/C29H31N3O4/c1-19-15-27(33)30-23-11-7-8-12-24(23)32(19)28(34)18-31-14-13-21-16-25(35-2)26(36-3)17-22(21)29(31)20-9-5-4-6-10-20/h4-12,16-17,19,29H,13-15,18H2,1-3H3,(H,30,33)/p+1. The van der Waals surface area contributed by atoms with Crippen LogP contribution in [0.4, 0.5) is 11.4 Å². The molecule has 0 spiro atoms. The smallest absolute Gasteiger partial charge is 0.282 e. The Morgan fingerprint density at radius 1 is 1.03 bits per heavy atom. The first kappa shape index (κ1) is 23.9. The number of para-hydroxylation sites is 2. The molecule has 2 aliphatic rings. The molecule has 0 bridgehead atoms. The molecule has 2 aliphatic heterocycles. The predicted octanol–water partition coefficient (Wildman–Crippen LogP) is 3.00. The van der Waals surface area contributed by atoms with Gasteiger partial charge in [-0.05, 0) is 36.8 Å². The van der Waals surface area contributed by atoms with Crippen LogP contribution in [0, 0.1) is 0 Å². The van der Waals surface area contributed by atoms with E-state index in [1.807, 2.05) is 49.4 Å². The molecule has 5 rings (SSSR count). The van der Waals surface area contributed by atoms with E-state index in [0.717, 1.165) is 35.5 Å². The number of ether oxygens (including phenoxy) is 2. The van der Waals surface area contributed by atoms with Crippen molar-refractivity contribution in [3.05, 3.63) is 83.4 Å². The molecule has 2 heterocycles. The summed E-state index contributed by atoms with van der Waals surface area (Å²) in [7, 11) is 3.30. The van der Waals surface area contributed by atoms with Crippen molar-refractivity contribution in [1.82, 2.24) is 0 Å². The molecular formula is C29H32N3O4+. The monoisotopic (exact) mass is 486 g/mol. The van der Waals surface area contributed by atoms with Gasteiger partial charge in [-0.15, -0.1) is 0 Å². The molecule has 0 radical (unpaired) electrons. The van der Waals surface area contributed by atoms with Gasteiger partial charge in [0.25, 0.3) is 5.91 Å². The van der Waals surface area contributed by atoms with Crippen molar-refractivity contribution >= 4 is 23.2 Å². The van der Waals surface area contributed by atoms with Crippen LogP contribution in [-0.4, -0.2) is 45.2 Å². The molecule has 0 fully saturated rings. The van der Waals surface area contributed by atoms with Crippen molar-refractivity contribution in [3.63, 3.8) is 0 Å². The van der Waals surface area contributed by atoms with Gasteiger partial charge in [-0.1, -0.05) is 42.5 Å². The number of nitrogens with one attached hydrogen (secondary N) is 2. The molecule has 36 heavy (non-hydrogen) atoms. The number of carbonyl (C=O) groups excluding carboxylic acids is 2. The molecule has 7 nitrogen and oxygen atoms in total. The van der Waals surface area contributed by atoms with Crippen LogP contribution in [-0.2, 0) is 16.0 Å². The minimum atomic E-state index is -0.239. The number of quaternary nitrogens is 1. The van der Waals surface area contributed by atoms with E-state index in [0.29, 0.717) is 18.0 Å². The van der Waals surface area contributed by atoms with Gasteiger partial charge < -0.3 is 24.6 Å². The first-order chi connectivity index (χ1) is 17.5. The van der Waals surface area contributed by atoms with E-state index in [9.17, 15) is 9.59 Å². The van der Waals surface area contributed by atoms with Crippen LogP contribution in [0.3, 0.4) is 0 Å². The summed E-state index contributed by atoms with van der Waals surface area (Å²) in [5, 5.41) is 2.95. The van der Waals surface area contributed by atoms with E-state index >= 15 is 0 Å². The van der Waals surface area contributed by atoms with Gasteiger partial charge in [-0.3, -0.25) is 9.59 Å². The van der Waals surface area contributed by atoms with Gasteiger partial charge in [0.1, 0.15) is 6.04 Å². The van der Waals surface area contributed by atoms with Gasteiger partial charge >= 0.3 is 0 Å². The van der Waals surface area contributed by atoms with E-state index in [1.165, 1.54) is 10.5 Å². The van der Waals surface area contributed by atoms with Crippen LogP contribution in [0.1, 0.15) is 36.1 Å². The van der Waals surface area contributed by atoms with Gasteiger partial charge in [0.15, 0.2) is 18.0 Å². The van der Waals surface area contributed by atoms with Crippen LogP contribution in [0.25, 0.3) is 0 Å². The minimum absolute atomic E-state index is 0.00584. The molecule has 2 amide bonds. The van der Waals surface area contributed by atoms with E-state index in [-0.39, 0.29) is 30.3 Å². The molecule has 3 unspecified atom stereocenters. The second-order valence-corrected chi connectivity index (χ2v) is 9.47. The zero-order valence-electron chi connectivity index (χ0n) is 20.9. The number of amides is 2. The maximum Gasteiger partial charge on any atom is 0.282 e. The largest absolute Gasteiger partial charge is 0.493 e. The summed E-state index contributed by atoms with van der Waals surface area (Å²) < 4.78 is 11.2. The lowest BCUT2D eigenvalue weighted by atomic mass is 9.87. The molecule has 3 aromatic carbocycles. The average Bonchev–Trinajstić information content (AvgIpc) is 3.02. The second kappa shape index (κ2) is 10.0. The Hall–Kier alpha value is -3.84. The average molecular weight is 487 g/mol. The summed E-state index contributed by atoms with van der Waals surface area (Å²) in [6, 6.07) is 21.7. The van der Waals surface area contributed by atoms with Gasteiger partial charge in [-0.2, -0.15) is 0 Å². The van der Waals surface area contributed by atoms with Crippen LogP contribution < -0.4 is 24.6 Å². The lowest BCUT2D eigenvalue weighted by Crippen LogP contribution is -3.14. The van der Waals surface area contributed by atoms with Crippen molar-refractivity contribution < 1.29 is 24.0 Å². The summed E-state index contributed by atoms with van der Waals surface area (Å²) in [6.45, 7) is 3.04. The summed E-state index contributed by atoms with van der Waals surface area (Å²) in [4.78, 5) is 29.3. The number of carbonyl (C=O) groups is 2. The highest BCUT2D eigenvalue weighted by Gasteiger charge is 2.38. The fourth-order valence-corrected chi connectivity index (χ4v) is 5.58. The molecule has 0 aromatic heterocycles. The number of benzene rings is 3. The third-order valence-electron chi connectivity index (χ3n) is 7.22. The molecule has 2 N–H and O–H groups in total. The van der Waals surface area contributed by atoms with Crippen molar-refractivity contribution in [2.24, 2.45) is 0 Å². The summed E-state index contributed by atoms with van der Waals surface area (Å²) in [6.07, 6.45) is 1.09.